The molecule has 0 saturated heterocycles. The Morgan fingerprint density at radius 1 is 1.17 bits per heavy atom. The Kier molecular flexibility index (Phi) is 6.59. The maximum Gasteiger partial charge on any atom is 0.338 e. The van der Waals surface area contributed by atoms with Gasteiger partial charge in [-0.2, -0.15) is 0 Å². The summed E-state index contributed by atoms with van der Waals surface area (Å²) in [7, 11) is 0. The summed E-state index contributed by atoms with van der Waals surface area (Å²) in [4.78, 5) is 24.3. The third-order valence-electron chi connectivity index (χ3n) is 4.24. The zero-order chi connectivity index (χ0) is 17.5. The summed E-state index contributed by atoms with van der Waals surface area (Å²) < 4.78 is 5.29. The Bertz CT molecular complexity index is 614. The summed E-state index contributed by atoms with van der Waals surface area (Å²) in [6.07, 6.45) is 7.15. The monoisotopic (exact) mass is 329 g/mol. The van der Waals surface area contributed by atoms with Gasteiger partial charge in [-0.3, -0.25) is 4.79 Å². The standard InChI is InChI=1S/C20H27NO3/c1-14-11-15(2)13-18(12-14)20(23)24-16(3)19(22)21-10-9-17-7-5-4-6-8-17/h7,11-13,16H,4-6,8-10H2,1-3H3,(H,21,22)/t16-/m0/s1. The van der Waals surface area contributed by atoms with Crippen molar-refractivity contribution in [1.29, 1.82) is 0 Å². The SMILES string of the molecule is Cc1cc(C)cc(C(=O)O[C@@H](C)C(=O)NCCC2=CCCCC2)c1. The average molecular weight is 329 g/mol. The van der Waals surface area contributed by atoms with Gasteiger partial charge in [-0.1, -0.05) is 28.8 Å². The van der Waals surface area contributed by atoms with E-state index >= 15 is 0 Å². The highest BCUT2D eigenvalue weighted by Gasteiger charge is 2.19. The first-order valence-corrected chi connectivity index (χ1v) is 8.70. The summed E-state index contributed by atoms with van der Waals surface area (Å²) >= 11 is 0. The minimum absolute atomic E-state index is 0.246. The van der Waals surface area contributed by atoms with E-state index in [9.17, 15) is 9.59 Å². The second-order valence-electron chi connectivity index (χ2n) is 6.57. The molecule has 1 aliphatic carbocycles. The number of hydrogen-bond donors (Lipinski definition) is 1. The number of allylic oxidation sites excluding steroid dienone is 1. The molecule has 1 aromatic carbocycles. The molecule has 0 heterocycles. The van der Waals surface area contributed by atoms with Gasteiger partial charge in [0.25, 0.3) is 5.91 Å². The number of carbonyl (C=O) groups is 2. The minimum Gasteiger partial charge on any atom is -0.449 e. The van der Waals surface area contributed by atoms with Crippen LogP contribution in [0.5, 0.6) is 0 Å². The second kappa shape index (κ2) is 8.67. The third-order valence-corrected chi connectivity index (χ3v) is 4.24. The summed E-state index contributed by atoms with van der Waals surface area (Å²) in [5, 5.41) is 2.85. The number of aryl methyl sites for hydroxylation is 2. The van der Waals surface area contributed by atoms with E-state index in [0.717, 1.165) is 30.4 Å². The molecule has 1 aromatic rings. The lowest BCUT2D eigenvalue weighted by molar-refractivity contribution is -0.129. The Labute approximate surface area is 144 Å². The van der Waals surface area contributed by atoms with Gasteiger partial charge in [-0.05, 0) is 65.0 Å². The van der Waals surface area contributed by atoms with E-state index in [2.05, 4.69) is 11.4 Å². The molecule has 24 heavy (non-hydrogen) atoms. The van der Waals surface area contributed by atoms with E-state index in [1.54, 1.807) is 19.1 Å². The summed E-state index contributed by atoms with van der Waals surface area (Å²) in [6.45, 7) is 6.06. The number of ether oxygens (including phenoxy) is 1. The highest BCUT2D eigenvalue weighted by Crippen LogP contribution is 2.19. The van der Waals surface area contributed by atoms with Crippen LogP contribution < -0.4 is 5.32 Å². The number of hydrogen-bond acceptors (Lipinski definition) is 3. The molecule has 2 rings (SSSR count). The van der Waals surface area contributed by atoms with Crippen molar-refractivity contribution in [3.63, 3.8) is 0 Å². The Hall–Kier alpha value is -2.10. The van der Waals surface area contributed by atoms with Gasteiger partial charge in [0.15, 0.2) is 6.10 Å². The summed E-state index contributed by atoms with van der Waals surface area (Å²) in [5.74, 6) is -0.705. The fourth-order valence-corrected chi connectivity index (χ4v) is 3.00. The van der Waals surface area contributed by atoms with Gasteiger partial charge in [0.05, 0.1) is 5.56 Å². The van der Waals surface area contributed by atoms with Gasteiger partial charge in [0, 0.05) is 6.54 Å². The first-order chi connectivity index (χ1) is 11.5. The maximum atomic E-state index is 12.2. The van der Waals surface area contributed by atoms with Crippen LogP contribution in [0.4, 0.5) is 0 Å². The highest BCUT2D eigenvalue weighted by atomic mass is 16.5. The molecule has 0 spiro atoms. The van der Waals surface area contributed by atoms with Crippen molar-refractivity contribution in [3.05, 3.63) is 46.5 Å². The van der Waals surface area contributed by atoms with E-state index in [1.165, 1.54) is 18.4 Å². The Balaban J connectivity index is 1.80. The van der Waals surface area contributed by atoms with E-state index < -0.39 is 12.1 Å². The van der Waals surface area contributed by atoms with Crippen LogP contribution in [0, 0.1) is 13.8 Å². The van der Waals surface area contributed by atoms with Crippen molar-refractivity contribution in [2.45, 2.75) is 59.0 Å². The zero-order valence-corrected chi connectivity index (χ0v) is 14.9. The third kappa shape index (κ3) is 5.52. The molecule has 0 unspecified atom stereocenters. The molecule has 0 aromatic heterocycles. The van der Waals surface area contributed by atoms with Gasteiger partial charge in [0.2, 0.25) is 0 Å². The summed E-state index contributed by atoms with van der Waals surface area (Å²) in [6, 6.07) is 5.54. The molecule has 0 bridgehead atoms. The molecule has 0 radical (unpaired) electrons. The van der Waals surface area contributed by atoms with E-state index in [0.29, 0.717) is 12.1 Å². The Morgan fingerprint density at radius 3 is 2.50 bits per heavy atom. The lowest BCUT2D eigenvalue weighted by Crippen LogP contribution is -2.36. The smallest absolute Gasteiger partial charge is 0.338 e. The summed E-state index contributed by atoms with van der Waals surface area (Å²) in [5.41, 5.74) is 3.90. The van der Waals surface area contributed by atoms with Crippen LogP contribution in [-0.4, -0.2) is 24.5 Å². The van der Waals surface area contributed by atoms with Gasteiger partial charge in [-0.25, -0.2) is 4.79 Å². The van der Waals surface area contributed by atoms with Crippen LogP contribution >= 0.6 is 0 Å². The van der Waals surface area contributed by atoms with Crippen LogP contribution in [0.15, 0.2) is 29.8 Å². The lowest BCUT2D eigenvalue weighted by Gasteiger charge is -2.16. The van der Waals surface area contributed by atoms with E-state index in [4.69, 9.17) is 4.74 Å². The van der Waals surface area contributed by atoms with Gasteiger partial charge in [0.1, 0.15) is 0 Å². The molecule has 0 aliphatic heterocycles. The number of esters is 1. The molecule has 1 N–H and O–H groups in total. The normalized spacial score (nSPS) is 15.4. The van der Waals surface area contributed by atoms with Crippen LogP contribution in [0.25, 0.3) is 0 Å². The fourth-order valence-electron chi connectivity index (χ4n) is 3.00. The number of amides is 1. The van der Waals surface area contributed by atoms with Crippen LogP contribution in [0.1, 0.15) is 60.5 Å². The fraction of sp³-hybridized carbons (Fsp3) is 0.500. The first kappa shape index (κ1) is 18.2. The zero-order valence-electron chi connectivity index (χ0n) is 14.9. The number of nitrogens with one attached hydrogen (secondary N) is 1. The van der Waals surface area contributed by atoms with Gasteiger partial charge in [-0.15, -0.1) is 0 Å². The maximum absolute atomic E-state index is 12.2. The van der Waals surface area contributed by atoms with Crippen molar-refractivity contribution >= 4 is 11.9 Å². The quantitative estimate of drug-likeness (QED) is 0.637. The molecule has 130 valence electrons. The van der Waals surface area contributed by atoms with Gasteiger partial charge >= 0.3 is 5.97 Å². The topological polar surface area (TPSA) is 55.4 Å². The predicted octanol–water partition coefficient (Wildman–Crippen LogP) is 3.86. The van der Waals surface area contributed by atoms with Gasteiger partial charge < -0.3 is 10.1 Å². The highest BCUT2D eigenvalue weighted by molar-refractivity contribution is 5.92. The molecule has 1 aliphatic rings. The number of benzene rings is 1. The van der Waals surface area contributed by atoms with Crippen molar-refractivity contribution in [3.8, 4) is 0 Å². The van der Waals surface area contributed by atoms with Crippen molar-refractivity contribution in [1.82, 2.24) is 5.32 Å². The minimum atomic E-state index is -0.793. The predicted molar refractivity (Wildman–Crippen MR) is 95.0 cm³/mol. The average Bonchev–Trinajstić information content (AvgIpc) is 2.54. The molecule has 1 atom stereocenters. The van der Waals surface area contributed by atoms with Crippen molar-refractivity contribution in [2.75, 3.05) is 6.54 Å². The molecule has 0 fully saturated rings. The Morgan fingerprint density at radius 2 is 1.88 bits per heavy atom. The molecule has 4 nitrogen and oxygen atoms in total. The van der Waals surface area contributed by atoms with Crippen LogP contribution in [0.2, 0.25) is 0 Å². The second-order valence-corrected chi connectivity index (χ2v) is 6.57. The molecule has 1 amide bonds. The van der Waals surface area contributed by atoms with Crippen LogP contribution in [0.3, 0.4) is 0 Å². The number of carbonyl (C=O) groups excluding carboxylic acids is 2. The van der Waals surface area contributed by atoms with Crippen LogP contribution in [-0.2, 0) is 9.53 Å². The molecule has 4 heteroatoms. The molecular formula is C20H27NO3. The first-order valence-electron chi connectivity index (χ1n) is 8.70. The van der Waals surface area contributed by atoms with E-state index in [1.807, 2.05) is 19.9 Å². The van der Waals surface area contributed by atoms with Crippen molar-refractivity contribution < 1.29 is 14.3 Å². The van der Waals surface area contributed by atoms with Crippen molar-refractivity contribution in [2.24, 2.45) is 0 Å². The molecular weight excluding hydrogens is 302 g/mol. The molecule has 0 saturated carbocycles. The van der Waals surface area contributed by atoms with E-state index in [-0.39, 0.29) is 5.91 Å². The lowest BCUT2D eigenvalue weighted by atomic mass is 9.97. The number of rotatable bonds is 6. The largest absolute Gasteiger partial charge is 0.449 e.